The van der Waals surface area contributed by atoms with Crippen molar-refractivity contribution in [1.29, 1.82) is 0 Å². The quantitative estimate of drug-likeness (QED) is 0.0648. The maximum Gasteiger partial charge on any atom is 0.126 e. The van der Waals surface area contributed by atoms with Crippen LogP contribution >= 0.6 is 0 Å². The fourth-order valence-corrected chi connectivity index (χ4v) is 7.73. The number of ether oxygens (including phenoxy) is 2. The van der Waals surface area contributed by atoms with E-state index in [-0.39, 0.29) is 32.3 Å². The predicted octanol–water partition coefficient (Wildman–Crippen LogP) is 12.7. The van der Waals surface area contributed by atoms with Crippen LogP contribution in [0.3, 0.4) is 0 Å². The van der Waals surface area contributed by atoms with Crippen molar-refractivity contribution < 1.29 is 24.1 Å². The minimum absolute atomic E-state index is 0.0526. The van der Waals surface area contributed by atoms with Gasteiger partial charge in [0.2, 0.25) is 0 Å². The van der Waals surface area contributed by atoms with Gasteiger partial charge in [-0.15, -0.1) is 0 Å². The van der Waals surface area contributed by atoms with Crippen LogP contribution in [0.4, 0.5) is 0 Å². The maximum absolute atomic E-state index is 9.78. The van der Waals surface area contributed by atoms with Crippen LogP contribution in [0.5, 0.6) is 11.5 Å². The number of benzene rings is 2. The van der Waals surface area contributed by atoms with Crippen LogP contribution in [-0.2, 0) is 12.8 Å². The monoisotopic (exact) mass is 719 g/mol. The van der Waals surface area contributed by atoms with Crippen LogP contribution in [0.25, 0.3) is 0 Å². The molecule has 5 heteroatoms. The molecule has 1 aromatic heterocycles. The molecule has 0 amide bonds. The van der Waals surface area contributed by atoms with E-state index >= 15 is 0 Å². The second-order valence-corrected chi connectivity index (χ2v) is 15.1. The van der Waals surface area contributed by atoms with Gasteiger partial charge in [0.1, 0.15) is 30.5 Å². The summed E-state index contributed by atoms with van der Waals surface area (Å²) in [5, 5.41) is 19.6. The normalized spacial score (nSPS) is 11.5. The van der Waals surface area contributed by atoms with E-state index in [1.54, 1.807) is 6.26 Å². The van der Waals surface area contributed by atoms with Gasteiger partial charge in [-0.2, -0.15) is 0 Å². The summed E-state index contributed by atoms with van der Waals surface area (Å²) in [5.41, 5.74) is 6.82. The zero-order chi connectivity index (χ0) is 37.2. The molecule has 0 bridgehead atoms. The van der Waals surface area contributed by atoms with Gasteiger partial charge >= 0.3 is 0 Å². The van der Waals surface area contributed by atoms with Gasteiger partial charge in [-0.05, 0) is 73.9 Å². The Hall–Kier alpha value is -2.76. The molecule has 2 N–H and O–H groups in total. The van der Waals surface area contributed by atoms with Gasteiger partial charge in [-0.1, -0.05) is 154 Å². The predicted molar refractivity (Wildman–Crippen MR) is 218 cm³/mol. The summed E-state index contributed by atoms with van der Waals surface area (Å²) in [5.74, 6) is 2.16. The number of unbranched alkanes of at least 4 members (excludes halogenated alkanes) is 18. The Labute approximate surface area is 317 Å². The van der Waals surface area contributed by atoms with Gasteiger partial charge in [0.15, 0.2) is 0 Å². The molecular weight excluding hydrogens is 645 g/mol. The lowest BCUT2D eigenvalue weighted by Gasteiger charge is -2.26. The summed E-state index contributed by atoms with van der Waals surface area (Å²) in [6, 6.07) is 13.1. The Morgan fingerprint density at radius 3 is 1.27 bits per heavy atom. The Bertz CT molecular complexity index is 1240. The second kappa shape index (κ2) is 26.9. The van der Waals surface area contributed by atoms with Crippen molar-refractivity contribution >= 4 is 0 Å². The average molecular weight is 719 g/mol. The smallest absolute Gasteiger partial charge is 0.126 e. The van der Waals surface area contributed by atoms with Crippen LogP contribution < -0.4 is 9.47 Å². The number of hydrogen-bond acceptors (Lipinski definition) is 5. The standard InChI is InChI=1S/C47H74O5/c1-5-7-9-11-13-15-17-19-21-23-26-40-34-38(3)46(51-32-29-48)42(36-40)45(44-28-25-31-50-44)43-37-41(35-39(4)47(43)52-33-30-49)27-24-22-20-18-16-14-12-10-8-6-2/h25,28,31,34-37,45,48-49H,5-24,26-27,29-30,32-33H2,1-4H3. The molecule has 0 saturated carbocycles. The maximum atomic E-state index is 9.78. The summed E-state index contributed by atoms with van der Waals surface area (Å²) < 4.78 is 18.9. The molecule has 1 heterocycles. The third-order valence-electron chi connectivity index (χ3n) is 10.5. The molecule has 3 rings (SSSR count). The zero-order valence-corrected chi connectivity index (χ0v) is 33.6. The van der Waals surface area contributed by atoms with Crippen LogP contribution in [0.2, 0.25) is 0 Å². The average Bonchev–Trinajstić information content (AvgIpc) is 3.67. The first kappa shape index (κ1) is 43.6. The van der Waals surface area contributed by atoms with Gasteiger partial charge in [0.25, 0.3) is 0 Å². The first-order chi connectivity index (χ1) is 25.5. The number of aryl methyl sites for hydroxylation is 4. The Balaban J connectivity index is 1.84. The first-order valence-corrected chi connectivity index (χ1v) is 21.3. The molecule has 0 spiro atoms. The largest absolute Gasteiger partial charge is 0.491 e. The zero-order valence-electron chi connectivity index (χ0n) is 33.6. The van der Waals surface area contributed by atoms with E-state index in [2.05, 4.69) is 52.0 Å². The minimum atomic E-state index is -0.268. The van der Waals surface area contributed by atoms with E-state index in [1.165, 1.54) is 127 Å². The number of aliphatic hydroxyl groups excluding tert-OH is 2. The van der Waals surface area contributed by atoms with Gasteiger partial charge < -0.3 is 24.1 Å². The van der Waals surface area contributed by atoms with E-state index in [0.29, 0.717) is 0 Å². The molecule has 0 atom stereocenters. The van der Waals surface area contributed by atoms with Gasteiger partial charge in [0.05, 0.1) is 25.4 Å². The van der Waals surface area contributed by atoms with E-state index in [0.717, 1.165) is 65.2 Å². The summed E-state index contributed by atoms with van der Waals surface area (Å²) in [6.07, 6.45) is 30.2. The molecule has 2 aromatic carbocycles. The highest BCUT2D eigenvalue weighted by Crippen LogP contribution is 2.45. The van der Waals surface area contributed by atoms with Crippen LogP contribution in [-0.4, -0.2) is 36.6 Å². The highest BCUT2D eigenvalue weighted by molar-refractivity contribution is 5.57. The lowest BCUT2D eigenvalue weighted by Crippen LogP contribution is -2.14. The Kier molecular flexibility index (Phi) is 22.6. The molecule has 0 radical (unpaired) electrons. The van der Waals surface area contributed by atoms with Crippen LogP contribution in [0.1, 0.15) is 187 Å². The molecule has 0 aliphatic carbocycles. The summed E-state index contributed by atoms with van der Waals surface area (Å²) in [7, 11) is 0. The van der Waals surface area contributed by atoms with Crippen molar-refractivity contribution in [3.8, 4) is 11.5 Å². The summed E-state index contributed by atoms with van der Waals surface area (Å²) in [6.45, 7) is 9.14. The van der Waals surface area contributed by atoms with Crippen molar-refractivity contribution in [2.75, 3.05) is 26.4 Å². The van der Waals surface area contributed by atoms with Crippen molar-refractivity contribution in [2.45, 2.75) is 175 Å². The van der Waals surface area contributed by atoms with Crippen molar-refractivity contribution in [2.24, 2.45) is 0 Å². The van der Waals surface area contributed by atoms with Gasteiger partial charge in [-0.25, -0.2) is 0 Å². The van der Waals surface area contributed by atoms with Gasteiger partial charge in [-0.3, -0.25) is 0 Å². The lowest BCUT2D eigenvalue weighted by molar-refractivity contribution is 0.197. The fraction of sp³-hybridized carbons (Fsp3) is 0.660. The highest BCUT2D eigenvalue weighted by Gasteiger charge is 2.29. The van der Waals surface area contributed by atoms with E-state index < -0.39 is 0 Å². The Morgan fingerprint density at radius 2 is 0.923 bits per heavy atom. The summed E-state index contributed by atoms with van der Waals surface area (Å²) in [4.78, 5) is 0. The minimum Gasteiger partial charge on any atom is -0.491 e. The molecule has 3 aromatic rings. The van der Waals surface area contributed by atoms with E-state index in [1.807, 2.05) is 12.1 Å². The number of furan rings is 1. The molecule has 0 unspecified atom stereocenters. The van der Waals surface area contributed by atoms with Crippen LogP contribution in [0, 0.1) is 13.8 Å². The fourth-order valence-electron chi connectivity index (χ4n) is 7.73. The molecule has 292 valence electrons. The lowest BCUT2D eigenvalue weighted by atomic mass is 9.83. The number of aliphatic hydroxyl groups is 2. The van der Waals surface area contributed by atoms with Gasteiger partial charge in [0, 0.05) is 11.1 Å². The van der Waals surface area contributed by atoms with E-state index in [4.69, 9.17) is 13.9 Å². The molecule has 52 heavy (non-hydrogen) atoms. The van der Waals surface area contributed by atoms with Crippen molar-refractivity contribution in [1.82, 2.24) is 0 Å². The SMILES string of the molecule is CCCCCCCCCCCCc1cc(C)c(OCCO)c(C(c2ccco2)c2cc(CCCCCCCCCCCC)cc(C)c2OCCO)c1. The van der Waals surface area contributed by atoms with Crippen molar-refractivity contribution in [3.05, 3.63) is 81.8 Å². The molecular formula is C47H74O5. The first-order valence-electron chi connectivity index (χ1n) is 21.3. The number of hydrogen-bond donors (Lipinski definition) is 2. The third kappa shape index (κ3) is 15.7. The molecule has 0 aliphatic heterocycles. The third-order valence-corrected chi connectivity index (χ3v) is 10.5. The van der Waals surface area contributed by atoms with Crippen molar-refractivity contribution in [3.63, 3.8) is 0 Å². The van der Waals surface area contributed by atoms with Crippen LogP contribution in [0.15, 0.2) is 47.1 Å². The number of rotatable bonds is 31. The second-order valence-electron chi connectivity index (χ2n) is 15.1. The topological polar surface area (TPSA) is 72.1 Å². The summed E-state index contributed by atoms with van der Waals surface area (Å²) >= 11 is 0. The molecule has 0 saturated heterocycles. The molecule has 5 nitrogen and oxygen atoms in total. The highest BCUT2D eigenvalue weighted by atomic mass is 16.5. The van der Waals surface area contributed by atoms with E-state index in [9.17, 15) is 10.2 Å². The molecule has 0 fully saturated rings. The molecule has 0 aliphatic rings. The Morgan fingerprint density at radius 1 is 0.538 bits per heavy atom.